The van der Waals surface area contributed by atoms with Gasteiger partial charge in [0.2, 0.25) is 5.95 Å². The Balaban J connectivity index is 1.18. The molecule has 316 valence electrons. The number of likely N-dealkylation sites (N-methyl/N-ethyl adjacent to an activating group) is 2. The molecule has 6 unspecified atom stereocenters. The third-order valence-corrected chi connectivity index (χ3v) is 12.6. The molecule has 0 aliphatic carbocycles. The molecule has 28 nitrogen and oxygen atoms in total. The minimum Gasteiger partial charge on any atom is -0.395 e. The molecule has 0 bridgehead atoms. The molecule has 9 atom stereocenters. The maximum atomic E-state index is 12.8. The number of nitrogens with two attached hydrogens (primary N) is 2. The van der Waals surface area contributed by atoms with E-state index in [4.69, 9.17) is 30.2 Å². The second-order valence-corrected chi connectivity index (χ2v) is 16.8. The number of aromatic nitrogens is 4. The van der Waals surface area contributed by atoms with Crippen molar-refractivity contribution in [3.63, 3.8) is 0 Å². The van der Waals surface area contributed by atoms with Gasteiger partial charge in [0.1, 0.15) is 31.3 Å². The number of β-amino-alcohol motifs (C(OH)–C–C–N with tert-alkyl or cyclic N) is 1. The summed E-state index contributed by atoms with van der Waals surface area (Å²) in [5, 5.41) is 36.5. The molecule has 13 N–H and O–H groups in total. The standard InChI is InChI=1S/C25H44N11O17P3/c1-3-35(20-14(28-2)9-47-12-30-24(26)31-20)16-7-34(4-5-37)6-13(50-16)8-48-54(41,42)52-56(45,46)53-55(43,44)49-10-15-18(38)19(39)23(51-15)36-11-29-17-21(36)32-25(27)33-22(17)40/h11,13,15-16,18-19,23,28,37-39H,3-10,12H2,1-2H3,(H,41,42)(H,43,44)(H,45,46)(H3,26,30,31)(H3,27,32,33,40)/b20-14-/t13-,15?,16?,18+,19+,23?/m0/s1. The van der Waals surface area contributed by atoms with E-state index in [-0.39, 0.29) is 62.7 Å². The number of hydrogen-bond acceptors (Lipinski definition) is 23. The van der Waals surface area contributed by atoms with Gasteiger partial charge in [-0.1, -0.05) is 0 Å². The molecule has 2 fully saturated rings. The van der Waals surface area contributed by atoms with Crippen molar-refractivity contribution in [2.45, 2.75) is 43.8 Å². The lowest BCUT2D eigenvalue weighted by atomic mass is 10.1. The number of aromatic amines is 1. The number of imidazole rings is 1. The number of H-pyrrole nitrogens is 1. The van der Waals surface area contributed by atoms with Gasteiger partial charge in [-0.2, -0.15) is 18.6 Å². The summed E-state index contributed by atoms with van der Waals surface area (Å²) in [4.78, 5) is 60.6. The van der Waals surface area contributed by atoms with Crippen LogP contribution in [0.3, 0.4) is 0 Å². The highest BCUT2D eigenvalue weighted by atomic mass is 31.3. The van der Waals surface area contributed by atoms with Crippen molar-refractivity contribution in [3.05, 3.63) is 28.2 Å². The van der Waals surface area contributed by atoms with Crippen LogP contribution >= 0.6 is 23.5 Å². The van der Waals surface area contributed by atoms with Crippen LogP contribution in [-0.2, 0) is 45.6 Å². The van der Waals surface area contributed by atoms with Crippen LogP contribution < -0.4 is 27.7 Å². The molecule has 0 saturated carbocycles. The first-order valence-corrected chi connectivity index (χ1v) is 21.1. The molecule has 2 saturated heterocycles. The Labute approximate surface area is 316 Å². The molecular weight excluding hydrogens is 819 g/mol. The summed E-state index contributed by atoms with van der Waals surface area (Å²) in [5.41, 5.74) is 11.1. The molecule has 2 aromatic rings. The molecule has 0 aromatic carbocycles. The fraction of sp³-hybridized carbons (Fsp3) is 0.680. The zero-order valence-electron chi connectivity index (χ0n) is 29.8. The predicted molar refractivity (Wildman–Crippen MR) is 188 cm³/mol. The van der Waals surface area contributed by atoms with Crippen molar-refractivity contribution in [2.24, 2.45) is 10.7 Å². The Bertz CT molecular complexity index is 1970. The van der Waals surface area contributed by atoms with E-state index in [9.17, 15) is 48.5 Å². The van der Waals surface area contributed by atoms with Crippen molar-refractivity contribution >= 4 is 46.5 Å². The van der Waals surface area contributed by atoms with Crippen LogP contribution in [0.5, 0.6) is 0 Å². The zero-order valence-corrected chi connectivity index (χ0v) is 32.4. The number of anilines is 1. The lowest BCUT2D eigenvalue weighted by Gasteiger charge is -2.43. The number of nitrogen functional groups attached to an aromatic ring is 1. The van der Waals surface area contributed by atoms with E-state index in [2.05, 4.69) is 43.7 Å². The third kappa shape index (κ3) is 10.9. The first kappa shape index (κ1) is 44.0. The van der Waals surface area contributed by atoms with Gasteiger partial charge < -0.3 is 71.2 Å². The second kappa shape index (κ2) is 18.2. The minimum atomic E-state index is -5.92. The fourth-order valence-corrected chi connectivity index (χ4v) is 9.39. The topological polar surface area (TPSA) is 396 Å². The van der Waals surface area contributed by atoms with Gasteiger partial charge in [-0.15, -0.1) is 0 Å². The van der Waals surface area contributed by atoms with E-state index in [0.717, 1.165) is 10.9 Å². The quantitative estimate of drug-likeness (QED) is 0.0682. The average Bonchev–Trinajstić information content (AvgIpc) is 3.64. The summed E-state index contributed by atoms with van der Waals surface area (Å²) >= 11 is 0. The van der Waals surface area contributed by atoms with Crippen molar-refractivity contribution in [2.75, 3.05) is 72.1 Å². The first-order valence-electron chi connectivity index (χ1n) is 16.6. The number of phosphoric ester groups is 2. The maximum absolute atomic E-state index is 12.8. The number of rotatable bonds is 17. The van der Waals surface area contributed by atoms with Crippen LogP contribution in [0.25, 0.3) is 11.2 Å². The Morgan fingerprint density at radius 3 is 2.41 bits per heavy atom. The lowest BCUT2D eigenvalue weighted by Crippen LogP contribution is -2.56. The summed E-state index contributed by atoms with van der Waals surface area (Å²) in [7, 11) is -15.5. The largest absolute Gasteiger partial charge is 0.490 e. The van der Waals surface area contributed by atoms with Gasteiger partial charge >= 0.3 is 23.5 Å². The Hall–Kier alpha value is -3.11. The molecule has 0 amide bonds. The van der Waals surface area contributed by atoms with E-state index in [1.807, 2.05) is 6.92 Å². The highest BCUT2D eigenvalue weighted by Crippen LogP contribution is 2.67. The highest BCUT2D eigenvalue weighted by molar-refractivity contribution is 7.66. The number of ether oxygens (including phenoxy) is 3. The monoisotopic (exact) mass is 863 g/mol. The number of fused-ring (bicyclic) bond motifs is 1. The average molecular weight is 864 g/mol. The van der Waals surface area contributed by atoms with Crippen molar-refractivity contribution in [1.29, 1.82) is 0 Å². The van der Waals surface area contributed by atoms with Gasteiger partial charge in [-0.3, -0.25) is 28.3 Å². The van der Waals surface area contributed by atoms with E-state index < -0.39 is 79.1 Å². The molecule has 2 aromatic heterocycles. The zero-order chi connectivity index (χ0) is 41.0. The number of guanidine groups is 1. The molecule has 3 aliphatic rings. The Morgan fingerprint density at radius 2 is 1.75 bits per heavy atom. The summed E-state index contributed by atoms with van der Waals surface area (Å²) < 4.78 is 74.2. The number of morpholine rings is 1. The van der Waals surface area contributed by atoms with Crippen LogP contribution in [0.1, 0.15) is 13.2 Å². The fourth-order valence-electron chi connectivity index (χ4n) is 5.85. The van der Waals surface area contributed by atoms with Gasteiger partial charge in [0.15, 0.2) is 29.2 Å². The van der Waals surface area contributed by atoms with Crippen LogP contribution in [0.2, 0.25) is 0 Å². The number of hydrogen-bond donors (Lipinski definition) is 11. The van der Waals surface area contributed by atoms with Crippen molar-refractivity contribution < 1.29 is 75.6 Å². The van der Waals surface area contributed by atoms with Crippen molar-refractivity contribution in [1.82, 2.24) is 40.0 Å². The van der Waals surface area contributed by atoms with Crippen LogP contribution in [0.4, 0.5) is 5.95 Å². The number of aliphatic hydroxyl groups is 3. The summed E-state index contributed by atoms with van der Waals surface area (Å²) in [6.45, 7) is 0.790. The van der Waals surface area contributed by atoms with Crippen molar-refractivity contribution in [3.8, 4) is 0 Å². The molecule has 3 aliphatic heterocycles. The number of aliphatic hydroxyl groups excluding tert-OH is 3. The van der Waals surface area contributed by atoms with Crippen LogP contribution in [-0.4, -0.2) is 162 Å². The molecule has 56 heavy (non-hydrogen) atoms. The summed E-state index contributed by atoms with van der Waals surface area (Å²) in [5.74, 6) is 0.125. The molecule has 5 rings (SSSR count). The van der Waals surface area contributed by atoms with Crippen LogP contribution in [0.15, 0.2) is 27.6 Å². The molecule has 0 radical (unpaired) electrons. The van der Waals surface area contributed by atoms with Gasteiger partial charge in [0.25, 0.3) is 5.56 Å². The van der Waals surface area contributed by atoms with Gasteiger partial charge in [-0.25, -0.2) is 18.7 Å². The smallest absolute Gasteiger partial charge is 0.395 e. The predicted octanol–water partition coefficient (Wildman–Crippen LogP) is -3.69. The molecule has 5 heterocycles. The normalized spacial score (nSPS) is 30.6. The van der Waals surface area contributed by atoms with E-state index in [0.29, 0.717) is 18.1 Å². The second-order valence-electron chi connectivity index (χ2n) is 12.2. The van der Waals surface area contributed by atoms with Gasteiger partial charge in [0.05, 0.1) is 44.6 Å². The molecule has 31 heteroatoms. The number of phosphoric acid groups is 3. The SMILES string of the molecule is CCN(C1=C(\NC)COCN/C(N)=N\1)C1CN(CCO)C[C@@H](COP(=O)(O)OP(=O)(O)OP(=O)(O)OCC2OC(n3cnc4c(=O)[nH]c(N)nc43)[C@H](O)[C@@H]2O)O1. The molecular formula is C25H44N11O17P3. The highest BCUT2D eigenvalue weighted by Gasteiger charge is 2.47. The summed E-state index contributed by atoms with van der Waals surface area (Å²) in [6.07, 6.45) is -7.34. The molecule has 0 spiro atoms. The lowest BCUT2D eigenvalue weighted by molar-refractivity contribution is -0.154. The van der Waals surface area contributed by atoms with Gasteiger partial charge in [0, 0.05) is 33.2 Å². The number of nitrogens with one attached hydrogen (secondary N) is 3. The number of aliphatic imine (C=N–C) groups is 1. The van der Waals surface area contributed by atoms with E-state index in [1.165, 1.54) is 0 Å². The van der Waals surface area contributed by atoms with Gasteiger partial charge in [-0.05, 0) is 6.92 Å². The Morgan fingerprint density at radius 1 is 1.05 bits per heavy atom. The first-order chi connectivity index (χ1) is 26.4. The summed E-state index contributed by atoms with van der Waals surface area (Å²) in [6, 6.07) is 0. The maximum Gasteiger partial charge on any atom is 0.490 e. The minimum absolute atomic E-state index is 0.0557. The van der Waals surface area contributed by atoms with E-state index in [1.54, 1.807) is 16.8 Å². The Kier molecular flexibility index (Phi) is 14.3. The van der Waals surface area contributed by atoms with Crippen LogP contribution in [0, 0.1) is 0 Å². The number of nitrogens with zero attached hydrogens (tertiary/aromatic N) is 6. The van der Waals surface area contributed by atoms with E-state index >= 15 is 0 Å². The third-order valence-electron chi connectivity index (χ3n) is 8.30.